The Morgan fingerprint density at radius 1 is 1.50 bits per heavy atom. The van der Waals surface area contributed by atoms with Gasteiger partial charge in [0.05, 0.1) is 7.11 Å². The lowest BCUT2D eigenvalue weighted by atomic mass is 9.81. The minimum absolute atomic E-state index is 0.263. The molecule has 0 unspecified atom stereocenters. The minimum atomic E-state index is -1.10. The summed E-state index contributed by atoms with van der Waals surface area (Å²) in [6.07, 6.45) is 1.67. The number of benzene rings is 1. The van der Waals surface area contributed by atoms with Gasteiger partial charge in [0.25, 0.3) is 0 Å². The lowest BCUT2D eigenvalue weighted by Crippen LogP contribution is -2.50. The van der Waals surface area contributed by atoms with Crippen molar-refractivity contribution in [2.24, 2.45) is 5.73 Å². The zero-order valence-electron chi connectivity index (χ0n) is 9.64. The Morgan fingerprint density at radius 2 is 2.06 bits per heavy atom. The van der Waals surface area contributed by atoms with Crippen molar-refractivity contribution in [2.75, 3.05) is 7.11 Å². The van der Waals surface area contributed by atoms with Gasteiger partial charge in [0.1, 0.15) is 5.54 Å². The predicted molar refractivity (Wildman–Crippen MR) is 64.0 cm³/mol. The van der Waals surface area contributed by atoms with Crippen LogP contribution in [0.3, 0.4) is 0 Å². The quantitative estimate of drug-likeness (QED) is 0.621. The summed E-state index contributed by atoms with van der Waals surface area (Å²) in [6.45, 7) is 5.38. The Morgan fingerprint density at radius 3 is 2.50 bits per heavy atom. The van der Waals surface area contributed by atoms with E-state index in [-0.39, 0.29) is 5.92 Å². The van der Waals surface area contributed by atoms with Gasteiger partial charge >= 0.3 is 5.97 Å². The van der Waals surface area contributed by atoms with Crippen molar-refractivity contribution in [3.63, 3.8) is 0 Å². The second-order valence-electron chi connectivity index (χ2n) is 3.90. The third-order valence-corrected chi connectivity index (χ3v) is 2.67. The van der Waals surface area contributed by atoms with Crippen LogP contribution in [0.2, 0.25) is 0 Å². The molecule has 0 radical (unpaired) electrons. The van der Waals surface area contributed by atoms with Gasteiger partial charge in [-0.25, -0.2) is 0 Å². The van der Waals surface area contributed by atoms with Crippen LogP contribution in [0.15, 0.2) is 43.0 Å². The number of hydrogen-bond donors (Lipinski definition) is 1. The van der Waals surface area contributed by atoms with Crippen molar-refractivity contribution in [3.05, 3.63) is 48.6 Å². The molecule has 2 atom stereocenters. The molecule has 0 amide bonds. The first-order valence-corrected chi connectivity index (χ1v) is 5.08. The molecule has 86 valence electrons. The van der Waals surface area contributed by atoms with Gasteiger partial charge in [0.2, 0.25) is 0 Å². The van der Waals surface area contributed by atoms with Crippen LogP contribution < -0.4 is 5.73 Å². The SMILES string of the molecule is C=C[C@H](c1ccccc1)[C@@](C)(N)C(=O)OC. The first-order chi connectivity index (χ1) is 7.54. The first kappa shape index (κ1) is 12.5. The maximum Gasteiger partial charge on any atom is 0.326 e. The average Bonchev–Trinajstić information content (AvgIpc) is 2.30. The number of methoxy groups -OCH3 is 1. The summed E-state index contributed by atoms with van der Waals surface area (Å²) in [5.74, 6) is -0.706. The molecule has 0 saturated heterocycles. The van der Waals surface area contributed by atoms with Gasteiger partial charge < -0.3 is 10.5 Å². The summed E-state index contributed by atoms with van der Waals surface area (Å²) in [6, 6.07) is 9.55. The van der Waals surface area contributed by atoms with Gasteiger partial charge in [-0.3, -0.25) is 4.79 Å². The summed E-state index contributed by atoms with van der Waals surface area (Å²) in [7, 11) is 1.33. The van der Waals surface area contributed by atoms with E-state index >= 15 is 0 Å². The molecule has 0 aliphatic heterocycles. The van der Waals surface area contributed by atoms with Gasteiger partial charge in [-0.1, -0.05) is 36.4 Å². The second-order valence-corrected chi connectivity index (χ2v) is 3.90. The highest BCUT2D eigenvalue weighted by Crippen LogP contribution is 2.28. The van der Waals surface area contributed by atoms with Gasteiger partial charge in [-0.15, -0.1) is 6.58 Å². The molecule has 2 N–H and O–H groups in total. The zero-order chi connectivity index (χ0) is 12.2. The van der Waals surface area contributed by atoms with E-state index < -0.39 is 11.5 Å². The van der Waals surface area contributed by atoms with E-state index in [0.29, 0.717) is 0 Å². The monoisotopic (exact) mass is 219 g/mol. The maximum atomic E-state index is 11.6. The molecule has 16 heavy (non-hydrogen) atoms. The van der Waals surface area contributed by atoms with Gasteiger partial charge in [-0.2, -0.15) is 0 Å². The lowest BCUT2D eigenvalue weighted by Gasteiger charge is -2.29. The fourth-order valence-corrected chi connectivity index (χ4v) is 1.73. The molecule has 0 heterocycles. The third-order valence-electron chi connectivity index (χ3n) is 2.67. The normalized spacial score (nSPS) is 15.9. The van der Waals surface area contributed by atoms with E-state index in [9.17, 15) is 4.79 Å². The highest BCUT2D eigenvalue weighted by molar-refractivity contribution is 5.82. The molecular formula is C13H17NO2. The molecule has 0 spiro atoms. The Kier molecular flexibility index (Phi) is 3.85. The molecule has 1 aromatic carbocycles. The Balaban J connectivity index is 3.08. The molecule has 0 fully saturated rings. The number of rotatable bonds is 4. The van der Waals surface area contributed by atoms with Crippen LogP contribution in [-0.2, 0) is 9.53 Å². The van der Waals surface area contributed by atoms with E-state index in [2.05, 4.69) is 6.58 Å². The van der Waals surface area contributed by atoms with E-state index in [0.717, 1.165) is 5.56 Å². The maximum absolute atomic E-state index is 11.6. The second kappa shape index (κ2) is 4.94. The van der Waals surface area contributed by atoms with E-state index in [1.54, 1.807) is 13.0 Å². The summed E-state index contributed by atoms with van der Waals surface area (Å²) >= 11 is 0. The summed E-state index contributed by atoms with van der Waals surface area (Å²) in [5, 5.41) is 0. The Hall–Kier alpha value is -1.61. The van der Waals surface area contributed by atoms with Crippen LogP contribution in [0, 0.1) is 0 Å². The standard InChI is InChI=1S/C13H17NO2/c1-4-11(10-8-6-5-7-9-10)13(2,14)12(15)16-3/h4-9,11H,1,14H2,2-3H3/t11-,13-/m1/s1. The number of hydrogen-bond acceptors (Lipinski definition) is 3. The largest absolute Gasteiger partial charge is 0.468 e. The van der Waals surface area contributed by atoms with Crippen LogP contribution in [0.25, 0.3) is 0 Å². The van der Waals surface area contributed by atoms with E-state index in [4.69, 9.17) is 10.5 Å². The number of carbonyl (C=O) groups excluding carboxylic acids is 1. The molecule has 0 aliphatic carbocycles. The Bertz CT molecular complexity index is 371. The molecule has 3 heteroatoms. The van der Waals surface area contributed by atoms with Gasteiger partial charge in [-0.05, 0) is 12.5 Å². The molecule has 0 aromatic heterocycles. The first-order valence-electron chi connectivity index (χ1n) is 5.08. The lowest BCUT2D eigenvalue weighted by molar-refractivity contribution is -0.146. The van der Waals surface area contributed by atoms with Crippen LogP contribution in [0.1, 0.15) is 18.4 Å². The van der Waals surface area contributed by atoms with Crippen molar-refractivity contribution in [2.45, 2.75) is 18.4 Å². The Labute approximate surface area is 95.9 Å². The van der Waals surface area contributed by atoms with Crippen LogP contribution in [-0.4, -0.2) is 18.6 Å². The highest BCUT2D eigenvalue weighted by Gasteiger charge is 2.37. The van der Waals surface area contributed by atoms with Gasteiger partial charge in [0.15, 0.2) is 0 Å². The molecular weight excluding hydrogens is 202 g/mol. The number of ether oxygens (including phenoxy) is 1. The molecule has 0 bridgehead atoms. The average molecular weight is 219 g/mol. The van der Waals surface area contributed by atoms with Crippen LogP contribution in [0.5, 0.6) is 0 Å². The molecule has 3 nitrogen and oxygen atoms in total. The van der Waals surface area contributed by atoms with Crippen molar-refractivity contribution < 1.29 is 9.53 Å². The van der Waals surface area contributed by atoms with Crippen molar-refractivity contribution in [1.82, 2.24) is 0 Å². The fourth-order valence-electron chi connectivity index (χ4n) is 1.73. The predicted octanol–water partition coefficient (Wildman–Crippen LogP) is 1.85. The van der Waals surface area contributed by atoms with Crippen molar-refractivity contribution in [3.8, 4) is 0 Å². The molecule has 1 aromatic rings. The van der Waals surface area contributed by atoms with Crippen molar-refractivity contribution >= 4 is 5.97 Å². The molecule has 0 saturated carbocycles. The summed E-state index contributed by atoms with van der Waals surface area (Å²) in [4.78, 5) is 11.6. The number of nitrogens with two attached hydrogens (primary N) is 1. The summed E-state index contributed by atoms with van der Waals surface area (Å²) < 4.78 is 4.71. The fraction of sp³-hybridized carbons (Fsp3) is 0.308. The van der Waals surface area contributed by atoms with Crippen LogP contribution >= 0.6 is 0 Å². The van der Waals surface area contributed by atoms with Crippen LogP contribution in [0.4, 0.5) is 0 Å². The topological polar surface area (TPSA) is 52.3 Å². The van der Waals surface area contributed by atoms with Gasteiger partial charge in [0, 0.05) is 5.92 Å². The number of carbonyl (C=O) groups is 1. The molecule has 1 rings (SSSR count). The zero-order valence-corrected chi connectivity index (χ0v) is 9.64. The minimum Gasteiger partial charge on any atom is -0.468 e. The summed E-state index contributed by atoms with van der Waals surface area (Å²) in [5.41, 5.74) is 5.86. The smallest absolute Gasteiger partial charge is 0.326 e. The van der Waals surface area contributed by atoms with E-state index in [1.165, 1.54) is 7.11 Å². The number of esters is 1. The molecule has 0 aliphatic rings. The van der Waals surface area contributed by atoms with Crippen molar-refractivity contribution in [1.29, 1.82) is 0 Å². The third kappa shape index (κ3) is 2.31. The van der Waals surface area contributed by atoms with E-state index in [1.807, 2.05) is 30.3 Å². The highest BCUT2D eigenvalue weighted by atomic mass is 16.5.